The van der Waals surface area contributed by atoms with Gasteiger partial charge in [0.05, 0.1) is 6.61 Å². The van der Waals surface area contributed by atoms with Crippen molar-refractivity contribution in [3.63, 3.8) is 0 Å². The van der Waals surface area contributed by atoms with Gasteiger partial charge in [0.25, 0.3) is 0 Å². The van der Waals surface area contributed by atoms with Gasteiger partial charge in [0.1, 0.15) is 11.6 Å². The Hall–Kier alpha value is -2.56. The van der Waals surface area contributed by atoms with Crippen molar-refractivity contribution in [1.29, 1.82) is 0 Å². The number of carbonyl (C=O) groups is 1. The van der Waals surface area contributed by atoms with Crippen LogP contribution in [0.3, 0.4) is 0 Å². The number of ether oxygens (including phenoxy) is 1. The smallest absolute Gasteiger partial charge is 0.222 e. The van der Waals surface area contributed by atoms with Crippen LogP contribution in [0.1, 0.15) is 18.9 Å². The summed E-state index contributed by atoms with van der Waals surface area (Å²) in [5, 5.41) is 5.99. The van der Waals surface area contributed by atoms with Crippen LogP contribution in [-0.4, -0.2) is 19.1 Å². The van der Waals surface area contributed by atoms with E-state index in [0.717, 1.165) is 17.0 Å². The van der Waals surface area contributed by atoms with Gasteiger partial charge >= 0.3 is 0 Å². The van der Waals surface area contributed by atoms with Crippen molar-refractivity contribution in [2.45, 2.75) is 19.9 Å². The van der Waals surface area contributed by atoms with Crippen molar-refractivity contribution in [2.75, 3.05) is 18.5 Å². The Morgan fingerprint density at radius 3 is 2.43 bits per heavy atom. The molecule has 5 heteroatoms. The first-order valence-corrected chi connectivity index (χ1v) is 7.65. The molecule has 2 N–H and O–H groups in total. The molecule has 4 nitrogen and oxygen atoms in total. The van der Waals surface area contributed by atoms with Gasteiger partial charge in [0, 0.05) is 25.2 Å². The number of amides is 1. The molecule has 2 aromatic rings. The Kier molecular flexibility index (Phi) is 6.41. The lowest BCUT2D eigenvalue weighted by Gasteiger charge is -2.09. The lowest BCUT2D eigenvalue weighted by atomic mass is 10.2. The minimum absolute atomic E-state index is 0.0484. The molecule has 1 amide bonds. The molecule has 0 aliphatic rings. The molecule has 23 heavy (non-hydrogen) atoms. The van der Waals surface area contributed by atoms with E-state index in [9.17, 15) is 9.18 Å². The van der Waals surface area contributed by atoms with E-state index in [1.54, 1.807) is 12.1 Å². The maximum atomic E-state index is 12.8. The molecule has 0 aliphatic carbocycles. The molecule has 0 bridgehead atoms. The summed E-state index contributed by atoms with van der Waals surface area (Å²) in [6.07, 6.45) is 0.369. The zero-order valence-electron chi connectivity index (χ0n) is 13.1. The van der Waals surface area contributed by atoms with E-state index in [-0.39, 0.29) is 11.7 Å². The molecule has 2 aromatic carbocycles. The Morgan fingerprint density at radius 2 is 1.78 bits per heavy atom. The van der Waals surface area contributed by atoms with Crippen molar-refractivity contribution < 1.29 is 13.9 Å². The number of hydrogen-bond acceptors (Lipinski definition) is 3. The average molecular weight is 316 g/mol. The Bertz CT molecular complexity index is 612. The standard InChI is InChI=1S/C18H21FN2O2/c1-2-23-17-9-7-16(8-10-17)20-12-11-18(22)21-13-14-3-5-15(19)6-4-14/h3-10,20H,2,11-13H2,1H3,(H,21,22). The number of halogens is 1. The molecule has 0 unspecified atom stereocenters. The highest BCUT2D eigenvalue weighted by Crippen LogP contribution is 2.15. The predicted molar refractivity (Wildman–Crippen MR) is 89.0 cm³/mol. The molecular weight excluding hydrogens is 295 g/mol. The number of nitrogens with one attached hydrogen (secondary N) is 2. The first-order chi connectivity index (χ1) is 11.2. The topological polar surface area (TPSA) is 50.4 Å². The molecule has 0 radical (unpaired) electrons. The molecule has 2 rings (SSSR count). The second-order valence-corrected chi connectivity index (χ2v) is 5.04. The SMILES string of the molecule is CCOc1ccc(NCCC(=O)NCc2ccc(F)cc2)cc1. The van der Waals surface area contributed by atoms with E-state index in [4.69, 9.17) is 4.74 Å². The van der Waals surface area contributed by atoms with Gasteiger partial charge in [-0.1, -0.05) is 12.1 Å². The van der Waals surface area contributed by atoms with E-state index in [0.29, 0.717) is 26.1 Å². The molecule has 0 fully saturated rings. The summed E-state index contributed by atoms with van der Waals surface area (Å²) in [6.45, 7) is 3.53. The number of anilines is 1. The normalized spacial score (nSPS) is 10.2. The fourth-order valence-corrected chi connectivity index (χ4v) is 2.05. The van der Waals surface area contributed by atoms with Gasteiger partial charge in [0.15, 0.2) is 0 Å². The van der Waals surface area contributed by atoms with Crippen LogP contribution >= 0.6 is 0 Å². The molecule has 0 aliphatic heterocycles. The predicted octanol–water partition coefficient (Wildman–Crippen LogP) is 3.34. The van der Waals surface area contributed by atoms with Gasteiger partial charge in [-0.2, -0.15) is 0 Å². The maximum Gasteiger partial charge on any atom is 0.222 e. The Labute approximate surface area is 135 Å². The van der Waals surface area contributed by atoms with Crippen molar-refractivity contribution in [3.05, 3.63) is 59.9 Å². The maximum absolute atomic E-state index is 12.8. The summed E-state index contributed by atoms with van der Waals surface area (Å²) in [5.41, 5.74) is 1.82. The monoisotopic (exact) mass is 316 g/mol. The van der Waals surface area contributed by atoms with Crippen molar-refractivity contribution in [3.8, 4) is 5.75 Å². The fraction of sp³-hybridized carbons (Fsp3) is 0.278. The summed E-state index contributed by atoms with van der Waals surface area (Å²) in [7, 11) is 0. The highest BCUT2D eigenvalue weighted by Gasteiger charge is 2.02. The van der Waals surface area contributed by atoms with Crippen LogP contribution in [0.5, 0.6) is 5.75 Å². The molecule has 0 heterocycles. The summed E-state index contributed by atoms with van der Waals surface area (Å²) in [5.74, 6) is 0.502. The first-order valence-electron chi connectivity index (χ1n) is 7.65. The van der Waals surface area contributed by atoms with E-state index in [1.807, 2.05) is 31.2 Å². The largest absolute Gasteiger partial charge is 0.494 e. The van der Waals surface area contributed by atoms with Crippen LogP contribution in [0, 0.1) is 5.82 Å². The van der Waals surface area contributed by atoms with Gasteiger partial charge in [0.2, 0.25) is 5.91 Å². The number of carbonyl (C=O) groups excluding carboxylic acids is 1. The quantitative estimate of drug-likeness (QED) is 0.785. The van der Waals surface area contributed by atoms with Gasteiger partial charge in [-0.25, -0.2) is 4.39 Å². The van der Waals surface area contributed by atoms with Gasteiger partial charge in [-0.3, -0.25) is 4.79 Å². The second kappa shape index (κ2) is 8.78. The van der Waals surface area contributed by atoms with Gasteiger partial charge < -0.3 is 15.4 Å². The first kappa shape index (κ1) is 16.8. The van der Waals surface area contributed by atoms with E-state index >= 15 is 0 Å². The lowest BCUT2D eigenvalue weighted by Crippen LogP contribution is -2.24. The molecule has 122 valence electrons. The zero-order chi connectivity index (χ0) is 16.5. The van der Waals surface area contributed by atoms with Gasteiger partial charge in [-0.05, 0) is 48.9 Å². The van der Waals surface area contributed by atoms with Gasteiger partial charge in [-0.15, -0.1) is 0 Å². The number of rotatable bonds is 8. The van der Waals surface area contributed by atoms with Crippen LogP contribution < -0.4 is 15.4 Å². The van der Waals surface area contributed by atoms with Crippen LogP contribution in [0.15, 0.2) is 48.5 Å². The fourth-order valence-electron chi connectivity index (χ4n) is 2.05. The third kappa shape index (κ3) is 5.98. The van der Waals surface area contributed by atoms with Crippen LogP contribution in [0.2, 0.25) is 0 Å². The summed E-state index contributed by atoms with van der Waals surface area (Å²) < 4.78 is 18.1. The zero-order valence-corrected chi connectivity index (χ0v) is 13.1. The lowest BCUT2D eigenvalue weighted by molar-refractivity contribution is -0.121. The number of hydrogen-bond donors (Lipinski definition) is 2. The van der Waals surface area contributed by atoms with E-state index in [2.05, 4.69) is 10.6 Å². The number of benzene rings is 2. The van der Waals surface area contributed by atoms with E-state index in [1.165, 1.54) is 12.1 Å². The summed E-state index contributed by atoms with van der Waals surface area (Å²) in [6, 6.07) is 13.7. The second-order valence-electron chi connectivity index (χ2n) is 5.04. The third-order valence-electron chi connectivity index (χ3n) is 3.25. The Morgan fingerprint density at radius 1 is 1.09 bits per heavy atom. The molecule has 0 atom stereocenters. The van der Waals surface area contributed by atoms with Crippen molar-refractivity contribution in [1.82, 2.24) is 5.32 Å². The molecule has 0 saturated carbocycles. The van der Waals surface area contributed by atoms with E-state index < -0.39 is 0 Å². The molecule has 0 spiro atoms. The highest BCUT2D eigenvalue weighted by atomic mass is 19.1. The molecule has 0 saturated heterocycles. The van der Waals surface area contributed by atoms with Crippen LogP contribution in [-0.2, 0) is 11.3 Å². The van der Waals surface area contributed by atoms with Crippen molar-refractivity contribution >= 4 is 11.6 Å². The average Bonchev–Trinajstić information content (AvgIpc) is 2.56. The van der Waals surface area contributed by atoms with Crippen LogP contribution in [0.25, 0.3) is 0 Å². The minimum atomic E-state index is -0.278. The Balaban J connectivity index is 1.67. The molecule has 0 aromatic heterocycles. The van der Waals surface area contributed by atoms with Crippen molar-refractivity contribution in [2.24, 2.45) is 0 Å². The minimum Gasteiger partial charge on any atom is -0.494 e. The summed E-state index contributed by atoms with van der Waals surface area (Å²) in [4.78, 5) is 11.8. The highest BCUT2D eigenvalue weighted by molar-refractivity contribution is 5.76. The third-order valence-corrected chi connectivity index (χ3v) is 3.25. The summed E-state index contributed by atoms with van der Waals surface area (Å²) >= 11 is 0. The van der Waals surface area contributed by atoms with Crippen LogP contribution in [0.4, 0.5) is 10.1 Å². The molecular formula is C18H21FN2O2.